The summed E-state index contributed by atoms with van der Waals surface area (Å²) in [5.74, 6) is 4.56. The van der Waals surface area contributed by atoms with Gasteiger partial charge < -0.3 is 9.13 Å². The largest absolute Gasteiger partial charge is 0.378 e. The molecule has 0 atom stereocenters. The maximum Gasteiger partial charge on any atom is 0.162 e. The zero-order chi connectivity index (χ0) is 24.7. The van der Waals surface area contributed by atoms with Crippen molar-refractivity contribution in [3.63, 3.8) is 0 Å². The van der Waals surface area contributed by atoms with E-state index in [4.69, 9.17) is 0 Å². The van der Waals surface area contributed by atoms with Crippen molar-refractivity contribution < 1.29 is 0 Å². The standard InChI is InChI=1S/C28H58N2Si2/c1-23(2)17-31(18-24(3)4,19-25(5)6)29-13-15-30(16-14-29)32(20-26(7)8,21-27(9)10)22-28(11)12/h13-16,23-28H,17-22H2,1-12H3. The molecule has 0 spiro atoms. The van der Waals surface area contributed by atoms with Gasteiger partial charge in [-0.3, -0.25) is 0 Å². The van der Waals surface area contributed by atoms with Crippen molar-refractivity contribution >= 4 is 16.5 Å². The highest BCUT2D eigenvalue weighted by atomic mass is 28.3. The molecule has 0 aliphatic carbocycles. The predicted octanol–water partition coefficient (Wildman–Crippen LogP) is 9.37. The van der Waals surface area contributed by atoms with Gasteiger partial charge in [-0.25, -0.2) is 0 Å². The summed E-state index contributed by atoms with van der Waals surface area (Å²) in [6.45, 7) is 29.1. The Morgan fingerprint density at radius 1 is 0.375 bits per heavy atom. The number of rotatable bonds is 14. The third-order valence-electron chi connectivity index (χ3n) is 6.60. The maximum atomic E-state index is 2.75. The molecule has 0 amide bonds. The molecule has 0 fully saturated rings. The molecule has 0 aromatic carbocycles. The molecular weight excluding hydrogens is 420 g/mol. The van der Waals surface area contributed by atoms with E-state index in [-0.39, 0.29) is 0 Å². The molecule has 0 saturated carbocycles. The van der Waals surface area contributed by atoms with E-state index in [2.05, 4.69) is 117 Å². The van der Waals surface area contributed by atoms with Gasteiger partial charge >= 0.3 is 0 Å². The van der Waals surface area contributed by atoms with E-state index in [1.54, 1.807) is 0 Å². The molecule has 0 radical (unpaired) electrons. The minimum atomic E-state index is -1.62. The third kappa shape index (κ3) is 9.04. The van der Waals surface area contributed by atoms with Gasteiger partial charge in [0, 0.05) is 24.8 Å². The van der Waals surface area contributed by atoms with Gasteiger partial charge in [-0.05, 0) is 71.8 Å². The number of hydrogen-bond acceptors (Lipinski definition) is 2. The van der Waals surface area contributed by atoms with Crippen molar-refractivity contribution in [3.05, 3.63) is 24.8 Å². The van der Waals surface area contributed by atoms with E-state index >= 15 is 0 Å². The maximum absolute atomic E-state index is 2.75. The van der Waals surface area contributed by atoms with Crippen LogP contribution in [-0.2, 0) is 0 Å². The summed E-state index contributed by atoms with van der Waals surface area (Å²) in [4.78, 5) is 0. The summed E-state index contributed by atoms with van der Waals surface area (Å²) in [7, 11) is -3.24. The molecule has 0 aromatic rings. The lowest BCUT2D eigenvalue weighted by molar-refractivity contribution is 0.532. The molecule has 4 heteroatoms. The second kappa shape index (κ2) is 12.8. The molecule has 0 bridgehead atoms. The van der Waals surface area contributed by atoms with E-state index in [0.717, 1.165) is 35.5 Å². The Morgan fingerprint density at radius 2 is 0.531 bits per heavy atom. The molecular formula is C28H58N2Si2. The van der Waals surface area contributed by atoms with E-state index in [9.17, 15) is 0 Å². The van der Waals surface area contributed by atoms with Crippen LogP contribution in [0, 0.1) is 35.5 Å². The molecule has 1 rings (SSSR count). The van der Waals surface area contributed by atoms with Crippen LogP contribution in [0.1, 0.15) is 83.1 Å². The van der Waals surface area contributed by atoms with Crippen molar-refractivity contribution in [2.75, 3.05) is 0 Å². The highest BCUT2D eigenvalue weighted by molar-refractivity contribution is 6.79. The molecule has 0 aromatic heterocycles. The Kier molecular flexibility index (Phi) is 11.8. The van der Waals surface area contributed by atoms with E-state index in [0.29, 0.717) is 0 Å². The van der Waals surface area contributed by atoms with Crippen molar-refractivity contribution in [2.24, 2.45) is 35.5 Å². The second-order valence-electron chi connectivity index (χ2n) is 13.4. The average molecular weight is 479 g/mol. The lowest BCUT2D eigenvalue weighted by Gasteiger charge is -2.48. The van der Waals surface area contributed by atoms with Crippen LogP contribution in [0.5, 0.6) is 0 Å². The smallest absolute Gasteiger partial charge is 0.162 e. The summed E-state index contributed by atoms with van der Waals surface area (Å²) >= 11 is 0. The number of nitrogens with zero attached hydrogens (tertiary/aromatic N) is 2. The molecule has 1 aliphatic rings. The Labute approximate surface area is 205 Å². The molecule has 0 saturated heterocycles. The van der Waals surface area contributed by atoms with Gasteiger partial charge in [0.05, 0.1) is 0 Å². The fraction of sp³-hybridized carbons (Fsp3) is 0.857. The summed E-state index contributed by atoms with van der Waals surface area (Å²) in [6, 6.07) is 8.36. The summed E-state index contributed by atoms with van der Waals surface area (Å²) < 4.78 is 5.51. The topological polar surface area (TPSA) is 6.48 Å². The lowest BCUT2D eigenvalue weighted by Crippen LogP contribution is -2.55. The van der Waals surface area contributed by atoms with Crippen LogP contribution in [0.3, 0.4) is 0 Å². The highest BCUT2D eigenvalue weighted by Gasteiger charge is 2.43. The Hall–Kier alpha value is -0.486. The summed E-state index contributed by atoms with van der Waals surface area (Å²) in [5, 5.41) is 0. The molecule has 32 heavy (non-hydrogen) atoms. The first kappa shape index (κ1) is 29.5. The van der Waals surface area contributed by atoms with Gasteiger partial charge in [-0.1, -0.05) is 83.1 Å². The zero-order valence-electron chi connectivity index (χ0n) is 23.9. The van der Waals surface area contributed by atoms with Gasteiger partial charge in [-0.15, -0.1) is 0 Å². The minimum absolute atomic E-state index is 0.760. The zero-order valence-corrected chi connectivity index (χ0v) is 25.9. The third-order valence-corrected chi connectivity index (χ3v) is 18.8. The van der Waals surface area contributed by atoms with E-state index < -0.39 is 16.5 Å². The molecule has 0 N–H and O–H groups in total. The Balaban J connectivity index is 3.36. The van der Waals surface area contributed by atoms with Crippen LogP contribution >= 0.6 is 0 Å². The predicted molar refractivity (Wildman–Crippen MR) is 151 cm³/mol. The van der Waals surface area contributed by atoms with Gasteiger partial charge in [0.2, 0.25) is 0 Å². The Bertz CT molecular complexity index is 473. The van der Waals surface area contributed by atoms with Crippen molar-refractivity contribution in [2.45, 2.75) is 119 Å². The monoisotopic (exact) mass is 478 g/mol. The summed E-state index contributed by atoms with van der Waals surface area (Å²) in [6.07, 6.45) is 10.1. The van der Waals surface area contributed by atoms with Crippen LogP contribution < -0.4 is 0 Å². The van der Waals surface area contributed by atoms with E-state index in [1.165, 1.54) is 36.3 Å². The highest BCUT2D eigenvalue weighted by Crippen LogP contribution is 2.40. The molecule has 1 heterocycles. The summed E-state index contributed by atoms with van der Waals surface area (Å²) in [5.41, 5.74) is 0. The number of hydrogen-bond donors (Lipinski definition) is 0. The minimum Gasteiger partial charge on any atom is -0.378 e. The van der Waals surface area contributed by atoms with Crippen LogP contribution in [0.25, 0.3) is 0 Å². The van der Waals surface area contributed by atoms with Crippen molar-refractivity contribution in [1.82, 2.24) is 9.13 Å². The van der Waals surface area contributed by atoms with Crippen LogP contribution in [0.15, 0.2) is 24.8 Å². The van der Waals surface area contributed by atoms with Gasteiger partial charge in [-0.2, -0.15) is 0 Å². The first-order valence-electron chi connectivity index (χ1n) is 13.6. The van der Waals surface area contributed by atoms with Crippen LogP contribution in [0.2, 0.25) is 36.3 Å². The van der Waals surface area contributed by atoms with E-state index in [1.807, 2.05) is 0 Å². The van der Waals surface area contributed by atoms with Crippen molar-refractivity contribution in [3.8, 4) is 0 Å². The lowest BCUT2D eigenvalue weighted by atomic mass is 10.2. The molecule has 2 nitrogen and oxygen atoms in total. The first-order valence-corrected chi connectivity index (χ1v) is 18.8. The molecule has 188 valence electrons. The average Bonchev–Trinajstić information content (AvgIpc) is 2.58. The fourth-order valence-corrected chi connectivity index (χ4v) is 19.6. The van der Waals surface area contributed by atoms with Crippen LogP contribution in [-0.4, -0.2) is 25.6 Å². The second-order valence-corrected chi connectivity index (χ2v) is 21.8. The van der Waals surface area contributed by atoms with Gasteiger partial charge in [0.1, 0.15) is 0 Å². The molecule has 1 aliphatic heterocycles. The Morgan fingerprint density at radius 3 is 0.656 bits per heavy atom. The normalized spacial score (nSPS) is 15.7. The van der Waals surface area contributed by atoms with Crippen LogP contribution in [0.4, 0.5) is 0 Å². The van der Waals surface area contributed by atoms with Crippen molar-refractivity contribution in [1.29, 1.82) is 0 Å². The first-order chi connectivity index (χ1) is 14.7. The molecule has 0 unspecified atom stereocenters. The SMILES string of the molecule is CC(C)C[Si](CC(C)C)(CC(C)C)N1C=CN([Si](CC(C)C)(CC(C)C)CC(C)C)C=C1. The van der Waals surface area contributed by atoms with Gasteiger partial charge in [0.15, 0.2) is 16.5 Å². The quantitative estimate of drug-likeness (QED) is 0.229. The fourth-order valence-electron chi connectivity index (χ4n) is 6.71. The van der Waals surface area contributed by atoms with Gasteiger partial charge in [0.25, 0.3) is 0 Å².